The van der Waals surface area contributed by atoms with E-state index < -0.39 is 0 Å². The van der Waals surface area contributed by atoms with Gasteiger partial charge in [0.2, 0.25) is 11.8 Å². The molecule has 3 heterocycles. The van der Waals surface area contributed by atoms with E-state index in [2.05, 4.69) is 18.0 Å². The molecule has 1 saturated heterocycles. The number of likely N-dealkylation sites (N-methyl/N-ethyl adjacent to an activating group) is 1. The maximum absolute atomic E-state index is 12.9. The largest absolute Gasteiger partial charge is 0.461 e. The van der Waals surface area contributed by atoms with Crippen LogP contribution in [0.3, 0.4) is 0 Å². The van der Waals surface area contributed by atoms with Gasteiger partial charge < -0.3 is 9.32 Å². The second-order valence-corrected chi connectivity index (χ2v) is 8.64. The summed E-state index contributed by atoms with van der Waals surface area (Å²) in [6, 6.07) is 8.01. The molecule has 6 nitrogen and oxygen atoms in total. The Bertz CT molecular complexity index is 1060. The van der Waals surface area contributed by atoms with Gasteiger partial charge in [-0.1, -0.05) is 31.5 Å². The van der Waals surface area contributed by atoms with Crippen LogP contribution in [0.15, 0.2) is 34.1 Å². The molecule has 0 bridgehead atoms. The van der Waals surface area contributed by atoms with E-state index in [1.807, 2.05) is 30.6 Å². The van der Waals surface area contributed by atoms with Crippen LogP contribution in [0.4, 0.5) is 5.13 Å². The van der Waals surface area contributed by atoms with Crippen molar-refractivity contribution in [3.05, 3.63) is 46.7 Å². The van der Waals surface area contributed by atoms with E-state index in [4.69, 9.17) is 4.42 Å². The summed E-state index contributed by atoms with van der Waals surface area (Å²) in [6.07, 6.45) is 4.71. The molecule has 7 heteroatoms. The Hall–Kier alpha value is -2.67. The summed E-state index contributed by atoms with van der Waals surface area (Å²) < 4.78 is 6.08. The Morgan fingerprint density at radius 2 is 2.17 bits per heavy atom. The number of carbonyl (C=O) groups excluding carboxylic acids is 2. The number of unbranched alkanes of at least 4 members (excludes halogenated alkanes) is 1. The van der Waals surface area contributed by atoms with Gasteiger partial charge >= 0.3 is 0 Å². The Morgan fingerprint density at radius 3 is 2.93 bits per heavy atom. The fourth-order valence-electron chi connectivity index (χ4n) is 3.83. The van der Waals surface area contributed by atoms with Crippen molar-refractivity contribution < 1.29 is 14.0 Å². The number of hydrogen-bond donors (Lipinski definition) is 0. The fraction of sp³-hybridized carbons (Fsp3) is 0.435. The molecule has 0 atom stereocenters. The number of hydrogen-bond acceptors (Lipinski definition) is 5. The van der Waals surface area contributed by atoms with Gasteiger partial charge in [0.05, 0.1) is 12.1 Å². The molecular formula is C23H27N3O3S. The van der Waals surface area contributed by atoms with Crippen molar-refractivity contribution in [2.45, 2.75) is 52.0 Å². The predicted octanol–water partition coefficient (Wildman–Crippen LogP) is 4.56. The van der Waals surface area contributed by atoms with E-state index in [1.54, 1.807) is 9.80 Å². The van der Waals surface area contributed by atoms with E-state index in [0.29, 0.717) is 24.6 Å². The Labute approximate surface area is 180 Å². The van der Waals surface area contributed by atoms with Crippen LogP contribution >= 0.6 is 11.3 Å². The van der Waals surface area contributed by atoms with Gasteiger partial charge in [0.15, 0.2) is 5.13 Å². The Balaban J connectivity index is 1.46. The van der Waals surface area contributed by atoms with Crippen molar-refractivity contribution >= 4 is 39.3 Å². The number of benzene rings is 1. The number of aromatic nitrogens is 1. The smallest absolute Gasteiger partial charge is 0.228 e. The average Bonchev–Trinajstić information content (AvgIpc) is 3.45. The lowest BCUT2D eigenvalue weighted by atomic mass is 10.1. The highest BCUT2D eigenvalue weighted by Crippen LogP contribution is 2.29. The highest BCUT2D eigenvalue weighted by molar-refractivity contribution is 7.14. The summed E-state index contributed by atoms with van der Waals surface area (Å²) in [5.74, 6) is 1.10. The number of amides is 2. The SMILES string of the molecule is CCCCc1oc2ccccc2c1CN(C)C(=O)Cc1csc(N2CCCC2=O)n1. The van der Waals surface area contributed by atoms with Crippen molar-refractivity contribution in [3.8, 4) is 0 Å². The van der Waals surface area contributed by atoms with Gasteiger partial charge in [0.1, 0.15) is 11.3 Å². The van der Waals surface area contributed by atoms with Crippen LogP contribution in [0, 0.1) is 0 Å². The van der Waals surface area contributed by atoms with Gasteiger partial charge in [-0.3, -0.25) is 14.5 Å². The molecule has 2 amide bonds. The topological polar surface area (TPSA) is 66.7 Å². The lowest BCUT2D eigenvalue weighted by Gasteiger charge is -2.17. The standard InChI is InChI=1S/C23H27N3O3S/c1-3-4-9-20-18(17-8-5-6-10-19(17)29-20)14-25(2)22(28)13-16-15-30-23(24-16)26-12-7-11-21(26)27/h5-6,8,10,15H,3-4,7,9,11-14H2,1-2H3. The first-order valence-corrected chi connectivity index (χ1v) is 11.4. The third-order valence-electron chi connectivity index (χ3n) is 5.54. The molecule has 2 aromatic heterocycles. The molecule has 1 aromatic carbocycles. The quantitative estimate of drug-likeness (QED) is 0.531. The van der Waals surface area contributed by atoms with E-state index >= 15 is 0 Å². The van der Waals surface area contributed by atoms with Crippen LogP contribution in [-0.2, 0) is 29.0 Å². The van der Waals surface area contributed by atoms with Gasteiger partial charge in [-0.2, -0.15) is 0 Å². The summed E-state index contributed by atoms with van der Waals surface area (Å²) in [4.78, 5) is 32.8. The fourth-order valence-corrected chi connectivity index (χ4v) is 4.70. The summed E-state index contributed by atoms with van der Waals surface area (Å²) in [5.41, 5.74) is 2.69. The first-order chi connectivity index (χ1) is 14.6. The third kappa shape index (κ3) is 4.26. The molecule has 0 radical (unpaired) electrons. The zero-order valence-electron chi connectivity index (χ0n) is 17.5. The number of carbonyl (C=O) groups is 2. The number of nitrogens with zero attached hydrogens (tertiary/aromatic N) is 3. The average molecular weight is 426 g/mol. The Kier molecular flexibility index (Phi) is 6.18. The highest BCUT2D eigenvalue weighted by Gasteiger charge is 2.25. The maximum atomic E-state index is 12.9. The zero-order chi connectivity index (χ0) is 21.1. The summed E-state index contributed by atoms with van der Waals surface area (Å²) in [5, 5.41) is 3.66. The molecule has 1 aliphatic rings. The number of aryl methyl sites for hydroxylation is 1. The second kappa shape index (κ2) is 9.00. The second-order valence-electron chi connectivity index (χ2n) is 7.80. The van der Waals surface area contributed by atoms with Gasteiger partial charge in [-0.15, -0.1) is 11.3 Å². The number of anilines is 1. The molecule has 3 aromatic rings. The molecule has 0 saturated carbocycles. The molecule has 4 rings (SSSR count). The van der Waals surface area contributed by atoms with Crippen LogP contribution in [0.2, 0.25) is 0 Å². The normalized spacial score (nSPS) is 14.1. The maximum Gasteiger partial charge on any atom is 0.228 e. The monoisotopic (exact) mass is 425 g/mol. The molecule has 0 N–H and O–H groups in total. The number of thiazole rings is 1. The van der Waals surface area contributed by atoms with Gasteiger partial charge in [-0.05, 0) is 18.9 Å². The number of fused-ring (bicyclic) bond motifs is 1. The minimum atomic E-state index is 0.00585. The molecule has 0 aliphatic carbocycles. The molecular weight excluding hydrogens is 398 g/mol. The van der Waals surface area contributed by atoms with Crippen molar-refractivity contribution in [3.63, 3.8) is 0 Å². The molecule has 30 heavy (non-hydrogen) atoms. The lowest BCUT2D eigenvalue weighted by molar-refractivity contribution is -0.129. The third-order valence-corrected chi connectivity index (χ3v) is 6.45. The minimum Gasteiger partial charge on any atom is -0.461 e. The van der Waals surface area contributed by atoms with Gasteiger partial charge in [0, 0.05) is 49.3 Å². The van der Waals surface area contributed by atoms with E-state index in [0.717, 1.165) is 53.7 Å². The summed E-state index contributed by atoms with van der Waals surface area (Å²) in [6.45, 7) is 3.39. The van der Waals surface area contributed by atoms with Crippen LogP contribution in [-0.4, -0.2) is 35.3 Å². The van der Waals surface area contributed by atoms with E-state index in [1.165, 1.54) is 11.3 Å². The number of furan rings is 1. The highest BCUT2D eigenvalue weighted by atomic mass is 32.1. The van der Waals surface area contributed by atoms with Crippen molar-refractivity contribution in [2.75, 3.05) is 18.5 Å². The molecule has 0 unspecified atom stereocenters. The summed E-state index contributed by atoms with van der Waals surface area (Å²) >= 11 is 1.43. The van der Waals surface area contributed by atoms with Crippen LogP contribution in [0.5, 0.6) is 0 Å². The first kappa shape index (κ1) is 20.6. The molecule has 0 spiro atoms. The van der Waals surface area contributed by atoms with Gasteiger partial charge in [-0.25, -0.2) is 4.98 Å². The van der Waals surface area contributed by atoms with Crippen molar-refractivity contribution in [1.29, 1.82) is 0 Å². The first-order valence-electron chi connectivity index (χ1n) is 10.5. The Morgan fingerprint density at radius 1 is 1.33 bits per heavy atom. The van der Waals surface area contributed by atoms with Crippen LogP contribution < -0.4 is 4.90 Å². The number of para-hydroxylation sites is 1. The van der Waals surface area contributed by atoms with E-state index in [-0.39, 0.29) is 18.2 Å². The number of rotatable bonds is 8. The van der Waals surface area contributed by atoms with Gasteiger partial charge in [0.25, 0.3) is 0 Å². The van der Waals surface area contributed by atoms with Crippen molar-refractivity contribution in [2.24, 2.45) is 0 Å². The summed E-state index contributed by atoms with van der Waals surface area (Å²) in [7, 11) is 1.82. The predicted molar refractivity (Wildman–Crippen MR) is 119 cm³/mol. The molecule has 158 valence electrons. The van der Waals surface area contributed by atoms with E-state index in [9.17, 15) is 9.59 Å². The molecule has 1 fully saturated rings. The molecule has 1 aliphatic heterocycles. The zero-order valence-corrected chi connectivity index (χ0v) is 18.3. The lowest BCUT2D eigenvalue weighted by Crippen LogP contribution is -2.28. The van der Waals surface area contributed by atoms with Crippen LogP contribution in [0.1, 0.15) is 49.6 Å². The minimum absolute atomic E-state index is 0.00585. The van der Waals surface area contributed by atoms with Crippen molar-refractivity contribution in [1.82, 2.24) is 9.88 Å². The van der Waals surface area contributed by atoms with Crippen LogP contribution in [0.25, 0.3) is 11.0 Å².